The van der Waals surface area contributed by atoms with Crippen LogP contribution in [0.4, 0.5) is 5.69 Å². The largest absolute Gasteiger partial charge is 0.462 e. The summed E-state index contributed by atoms with van der Waals surface area (Å²) in [6.45, 7) is 2.90. The van der Waals surface area contributed by atoms with E-state index in [0.29, 0.717) is 18.8 Å². The van der Waals surface area contributed by atoms with Gasteiger partial charge in [-0.15, -0.1) is 0 Å². The zero-order chi connectivity index (χ0) is 21.0. The molecule has 1 aliphatic heterocycles. The normalized spacial score (nSPS) is 14.6. The summed E-state index contributed by atoms with van der Waals surface area (Å²) in [4.78, 5) is 24.5. The summed E-state index contributed by atoms with van der Waals surface area (Å²) in [5, 5.41) is 2.81. The van der Waals surface area contributed by atoms with Gasteiger partial charge in [-0.3, -0.25) is 4.79 Å². The van der Waals surface area contributed by atoms with Crippen molar-refractivity contribution in [2.75, 3.05) is 25.0 Å². The summed E-state index contributed by atoms with van der Waals surface area (Å²) < 4.78 is 31.7. The van der Waals surface area contributed by atoms with Gasteiger partial charge in [-0.1, -0.05) is 17.7 Å². The molecule has 1 N–H and O–H groups in total. The molecule has 29 heavy (non-hydrogen) atoms. The fourth-order valence-electron chi connectivity index (χ4n) is 3.05. The maximum absolute atomic E-state index is 12.7. The number of amides is 1. The van der Waals surface area contributed by atoms with Crippen LogP contribution in [0.3, 0.4) is 0 Å². The summed E-state index contributed by atoms with van der Waals surface area (Å²) >= 11 is 6.11. The maximum atomic E-state index is 12.7. The molecule has 3 rings (SSSR count). The average Bonchev–Trinajstić information content (AvgIpc) is 3.24. The summed E-state index contributed by atoms with van der Waals surface area (Å²) in [6, 6.07) is 10.3. The lowest BCUT2D eigenvalue weighted by Crippen LogP contribution is -2.28. The Balaban J connectivity index is 1.78. The summed E-state index contributed by atoms with van der Waals surface area (Å²) in [6.07, 6.45) is 1.67. The number of carbonyl (C=O) groups excluding carboxylic acids is 2. The van der Waals surface area contributed by atoms with Crippen molar-refractivity contribution in [3.05, 3.63) is 58.6 Å². The Labute approximate surface area is 174 Å². The quantitative estimate of drug-likeness (QED) is 0.699. The number of esters is 1. The van der Waals surface area contributed by atoms with E-state index in [4.69, 9.17) is 16.3 Å². The lowest BCUT2D eigenvalue weighted by Gasteiger charge is -2.16. The van der Waals surface area contributed by atoms with Crippen LogP contribution in [-0.4, -0.2) is 44.3 Å². The number of hydrogen-bond donors (Lipinski definition) is 1. The first-order valence-corrected chi connectivity index (χ1v) is 11.0. The minimum Gasteiger partial charge on any atom is -0.462 e. The van der Waals surface area contributed by atoms with E-state index in [9.17, 15) is 18.0 Å². The van der Waals surface area contributed by atoms with E-state index in [1.165, 1.54) is 46.8 Å². The Hall–Kier alpha value is -2.42. The molecule has 0 spiro atoms. The molecule has 1 fully saturated rings. The molecule has 154 valence electrons. The van der Waals surface area contributed by atoms with Crippen molar-refractivity contribution in [1.29, 1.82) is 0 Å². The van der Waals surface area contributed by atoms with Crippen molar-refractivity contribution in [1.82, 2.24) is 4.31 Å². The van der Waals surface area contributed by atoms with E-state index in [0.717, 1.165) is 12.8 Å². The first-order chi connectivity index (χ1) is 13.8. The van der Waals surface area contributed by atoms with E-state index in [1.807, 2.05) is 0 Å². The van der Waals surface area contributed by atoms with Gasteiger partial charge in [0.05, 0.1) is 22.1 Å². The molecule has 0 aromatic heterocycles. The van der Waals surface area contributed by atoms with Crippen LogP contribution in [0, 0.1) is 0 Å². The molecular weight excluding hydrogens is 416 g/mol. The third-order valence-electron chi connectivity index (χ3n) is 4.52. The highest BCUT2D eigenvalue weighted by molar-refractivity contribution is 7.89. The van der Waals surface area contributed by atoms with Crippen molar-refractivity contribution in [2.45, 2.75) is 24.7 Å². The number of halogens is 1. The van der Waals surface area contributed by atoms with Crippen LogP contribution >= 0.6 is 11.6 Å². The Kier molecular flexibility index (Phi) is 6.56. The Bertz CT molecular complexity index is 1030. The molecule has 0 unspecified atom stereocenters. The number of anilines is 1. The number of nitrogens with zero attached hydrogens (tertiary/aromatic N) is 1. The minimum absolute atomic E-state index is 0.0859. The first-order valence-electron chi connectivity index (χ1n) is 9.21. The molecule has 2 aromatic rings. The Morgan fingerprint density at radius 1 is 1.14 bits per heavy atom. The van der Waals surface area contributed by atoms with Gasteiger partial charge in [0.15, 0.2) is 0 Å². The van der Waals surface area contributed by atoms with E-state index in [-0.39, 0.29) is 27.7 Å². The van der Waals surface area contributed by atoms with Crippen molar-refractivity contribution < 1.29 is 22.7 Å². The van der Waals surface area contributed by atoms with Crippen LogP contribution in [0.2, 0.25) is 5.02 Å². The molecule has 7 nitrogen and oxygen atoms in total. The van der Waals surface area contributed by atoms with Gasteiger partial charge in [-0.25, -0.2) is 13.2 Å². The highest BCUT2D eigenvalue weighted by Crippen LogP contribution is 2.24. The second kappa shape index (κ2) is 8.94. The summed E-state index contributed by atoms with van der Waals surface area (Å²) in [5.41, 5.74) is 0.780. The first kappa shape index (κ1) is 21.3. The Morgan fingerprint density at radius 2 is 1.86 bits per heavy atom. The number of sulfonamides is 1. The predicted molar refractivity (Wildman–Crippen MR) is 110 cm³/mol. The highest BCUT2D eigenvalue weighted by Gasteiger charge is 2.27. The van der Waals surface area contributed by atoms with Gasteiger partial charge in [0.25, 0.3) is 5.91 Å². The summed E-state index contributed by atoms with van der Waals surface area (Å²) in [5.74, 6) is -1.03. The van der Waals surface area contributed by atoms with Gasteiger partial charge in [0.1, 0.15) is 0 Å². The van der Waals surface area contributed by atoms with Gasteiger partial charge in [0.2, 0.25) is 10.0 Å². The third kappa shape index (κ3) is 4.77. The molecule has 0 atom stereocenters. The van der Waals surface area contributed by atoms with Gasteiger partial charge < -0.3 is 10.1 Å². The summed E-state index contributed by atoms with van der Waals surface area (Å²) in [7, 11) is -3.61. The molecule has 2 aromatic carbocycles. The zero-order valence-electron chi connectivity index (χ0n) is 15.9. The van der Waals surface area contributed by atoms with Crippen LogP contribution in [0.25, 0.3) is 0 Å². The van der Waals surface area contributed by atoms with Crippen molar-refractivity contribution in [3.63, 3.8) is 0 Å². The monoisotopic (exact) mass is 436 g/mol. The number of nitrogens with one attached hydrogen (secondary N) is 1. The van der Waals surface area contributed by atoms with Crippen molar-refractivity contribution in [2.24, 2.45) is 0 Å². The smallest absolute Gasteiger partial charge is 0.339 e. The van der Waals surface area contributed by atoms with E-state index in [1.54, 1.807) is 6.92 Å². The zero-order valence-corrected chi connectivity index (χ0v) is 17.4. The fraction of sp³-hybridized carbons (Fsp3) is 0.300. The van der Waals surface area contributed by atoms with Gasteiger partial charge in [0, 0.05) is 24.3 Å². The third-order valence-corrected chi connectivity index (χ3v) is 6.73. The van der Waals surface area contributed by atoms with Crippen LogP contribution < -0.4 is 5.32 Å². The number of benzene rings is 2. The molecule has 0 aliphatic carbocycles. The SMILES string of the molecule is CCOC(=O)c1ccc(NC(=O)c2cccc(S(=O)(=O)N3CCCC3)c2)cc1Cl. The maximum Gasteiger partial charge on any atom is 0.339 e. The van der Waals surface area contributed by atoms with E-state index < -0.39 is 21.9 Å². The number of rotatable bonds is 6. The van der Waals surface area contributed by atoms with Crippen LogP contribution in [0.1, 0.15) is 40.5 Å². The second-order valence-electron chi connectivity index (χ2n) is 6.51. The molecular formula is C20H21ClN2O5S. The molecule has 0 radical (unpaired) electrons. The lowest BCUT2D eigenvalue weighted by molar-refractivity contribution is 0.0526. The topological polar surface area (TPSA) is 92.8 Å². The molecule has 9 heteroatoms. The Morgan fingerprint density at radius 3 is 2.52 bits per heavy atom. The van der Waals surface area contributed by atoms with Crippen LogP contribution in [0.5, 0.6) is 0 Å². The van der Waals surface area contributed by atoms with E-state index in [2.05, 4.69) is 5.32 Å². The van der Waals surface area contributed by atoms with E-state index >= 15 is 0 Å². The predicted octanol–water partition coefficient (Wildman–Crippen LogP) is 3.55. The molecule has 1 saturated heterocycles. The molecule has 0 saturated carbocycles. The molecule has 1 aliphatic rings. The van der Waals surface area contributed by atoms with Gasteiger partial charge in [-0.05, 0) is 56.2 Å². The van der Waals surface area contributed by atoms with Gasteiger partial charge in [-0.2, -0.15) is 4.31 Å². The molecule has 0 bridgehead atoms. The highest BCUT2D eigenvalue weighted by atomic mass is 35.5. The number of carbonyl (C=O) groups is 2. The molecule has 1 heterocycles. The minimum atomic E-state index is -3.61. The average molecular weight is 437 g/mol. The fourth-order valence-corrected chi connectivity index (χ4v) is 4.87. The number of ether oxygens (including phenoxy) is 1. The molecule has 1 amide bonds. The van der Waals surface area contributed by atoms with Gasteiger partial charge >= 0.3 is 5.97 Å². The van der Waals surface area contributed by atoms with Crippen molar-refractivity contribution >= 4 is 39.2 Å². The second-order valence-corrected chi connectivity index (χ2v) is 8.85. The van der Waals surface area contributed by atoms with Crippen molar-refractivity contribution in [3.8, 4) is 0 Å². The standard InChI is InChI=1S/C20H21ClN2O5S/c1-2-28-20(25)17-9-8-15(13-18(17)21)22-19(24)14-6-5-7-16(12-14)29(26,27)23-10-3-4-11-23/h5-9,12-13H,2-4,10-11H2,1H3,(H,22,24). The van der Waals surface area contributed by atoms with Crippen LogP contribution in [0.15, 0.2) is 47.4 Å². The van der Waals surface area contributed by atoms with Crippen LogP contribution in [-0.2, 0) is 14.8 Å². The number of hydrogen-bond acceptors (Lipinski definition) is 5. The lowest BCUT2D eigenvalue weighted by atomic mass is 10.2.